The molecule has 0 rings (SSSR count). The maximum atomic E-state index is 11.6. The lowest BCUT2D eigenvalue weighted by molar-refractivity contribution is -0.132. The molecule has 160 valence electrons. The van der Waals surface area contributed by atoms with Crippen molar-refractivity contribution in [1.29, 1.82) is 0 Å². The first-order valence-electron chi connectivity index (χ1n) is 10.0. The Bertz CT molecular complexity index is 542. The summed E-state index contributed by atoms with van der Waals surface area (Å²) in [4.78, 5) is 11.6. The molecule has 5 nitrogen and oxygen atoms in total. The Labute approximate surface area is 171 Å². The molecule has 0 aliphatic carbocycles. The van der Waals surface area contributed by atoms with Crippen LogP contribution in [0.3, 0.4) is 0 Å². The van der Waals surface area contributed by atoms with Crippen molar-refractivity contribution in [2.45, 2.75) is 98.5 Å². The van der Waals surface area contributed by atoms with E-state index < -0.39 is 39.7 Å². The third-order valence-electron chi connectivity index (χ3n) is 4.37. The molecule has 9 heteroatoms. The van der Waals surface area contributed by atoms with E-state index in [-0.39, 0.29) is 0 Å². The van der Waals surface area contributed by atoms with E-state index in [1.165, 1.54) is 0 Å². The van der Waals surface area contributed by atoms with E-state index in [0.717, 1.165) is 30.5 Å². The summed E-state index contributed by atoms with van der Waals surface area (Å²) in [6.07, 6.45) is 2.79. The summed E-state index contributed by atoms with van der Waals surface area (Å²) in [5.41, 5.74) is 0.433. The molecule has 0 unspecified atom stereocenters. The third kappa shape index (κ3) is 9.82. The maximum Gasteiger partial charge on any atom is 0.330 e. The van der Waals surface area contributed by atoms with Crippen molar-refractivity contribution >= 4 is 39.7 Å². The Balaban J connectivity index is 5.47. The molecule has 0 aromatic heterocycles. The van der Waals surface area contributed by atoms with E-state index in [4.69, 9.17) is 12.3 Å². The smallest absolute Gasteiger partial charge is 0.330 e. The second-order valence-corrected chi connectivity index (χ2v) is 25.0. The minimum absolute atomic E-state index is 0.433. The molecule has 0 aromatic carbocycles. The number of hydrogen-bond donors (Lipinski definition) is 1. The average molecular weight is 451 g/mol. The lowest BCUT2D eigenvalue weighted by Crippen LogP contribution is -2.57. The molecular formula is C18H42O5Si4. The number of aliphatic carboxylic acids is 1. The summed E-state index contributed by atoms with van der Waals surface area (Å²) in [5.74, 6) is -0.853. The van der Waals surface area contributed by atoms with Gasteiger partial charge in [-0.05, 0) is 77.0 Å². The first-order chi connectivity index (χ1) is 12.0. The molecule has 1 N–H and O–H groups in total. The minimum Gasteiger partial charge on any atom is -0.478 e. The fourth-order valence-electron chi connectivity index (χ4n) is 3.95. The first kappa shape index (κ1) is 27.0. The number of carbonyl (C=O) groups is 1. The Morgan fingerprint density at radius 1 is 0.815 bits per heavy atom. The topological polar surface area (TPSA) is 65.0 Å². The van der Waals surface area contributed by atoms with Gasteiger partial charge in [0.05, 0.1) is 0 Å². The van der Waals surface area contributed by atoms with E-state index in [1.54, 1.807) is 6.92 Å². The van der Waals surface area contributed by atoms with Gasteiger partial charge in [-0.3, -0.25) is 0 Å². The summed E-state index contributed by atoms with van der Waals surface area (Å²) in [7, 11) is -8.91. The second-order valence-electron chi connectivity index (χ2n) is 9.28. The number of allylic oxidation sites excluding steroid dienone is 1. The van der Waals surface area contributed by atoms with Crippen molar-refractivity contribution in [3.8, 4) is 0 Å². The van der Waals surface area contributed by atoms with Gasteiger partial charge in [-0.15, -0.1) is 0 Å². The molecular weight excluding hydrogens is 409 g/mol. The summed E-state index contributed by atoms with van der Waals surface area (Å²) in [6.45, 7) is 23.0. The summed E-state index contributed by atoms with van der Waals surface area (Å²) < 4.78 is 19.7. The monoisotopic (exact) mass is 450 g/mol. The molecule has 0 aliphatic heterocycles. The van der Waals surface area contributed by atoms with Gasteiger partial charge in [0.2, 0.25) is 8.32 Å². The Kier molecular flexibility index (Phi) is 10.1. The van der Waals surface area contributed by atoms with Crippen LogP contribution in [0.25, 0.3) is 0 Å². The molecule has 27 heavy (non-hydrogen) atoms. The zero-order valence-electron chi connectivity index (χ0n) is 19.4. The second kappa shape index (κ2) is 10.1. The lowest BCUT2D eigenvalue weighted by Gasteiger charge is -2.41. The molecule has 0 radical (unpaired) electrons. The van der Waals surface area contributed by atoms with Gasteiger partial charge in [0, 0.05) is 5.57 Å². The van der Waals surface area contributed by atoms with Crippen molar-refractivity contribution in [1.82, 2.24) is 0 Å². The van der Waals surface area contributed by atoms with Gasteiger partial charge in [-0.2, -0.15) is 0 Å². The zero-order chi connectivity index (χ0) is 21.7. The number of carboxylic acids is 1. The Morgan fingerprint density at radius 2 is 1.30 bits per heavy atom. The summed E-state index contributed by atoms with van der Waals surface area (Å²) >= 11 is 0. The average Bonchev–Trinajstić information content (AvgIpc) is 2.39. The van der Waals surface area contributed by atoms with E-state index in [0.29, 0.717) is 5.57 Å². The van der Waals surface area contributed by atoms with Crippen molar-refractivity contribution in [3.63, 3.8) is 0 Å². The molecule has 0 aliphatic rings. The van der Waals surface area contributed by atoms with Gasteiger partial charge in [0.15, 0.2) is 8.32 Å². The summed E-state index contributed by atoms with van der Waals surface area (Å²) in [6, 6.07) is 1.12. The van der Waals surface area contributed by atoms with Gasteiger partial charge in [0.25, 0.3) is 0 Å². The number of carboxylic acid groups (broad SMARTS) is 1. The van der Waals surface area contributed by atoms with Gasteiger partial charge in [-0.25, -0.2) is 4.79 Å². The zero-order valence-corrected chi connectivity index (χ0v) is 23.4. The Hall–Kier alpha value is -0.0425. The highest BCUT2D eigenvalue weighted by atomic mass is 28.5. The minimum atomic E-state index is -2.48. The molecule has 0 bridgehead atoms. The van der Waals surface area contributed by atoms with Crippen LogP contribution in [0.1, 0.15) is 40.0 Å². The van der Waals surface area contributed by atoms with Crippen molar-refractivity contribution < 1.29 is 22.2 Å². The molecule has 0 atom stereocenters. The highest BCUT2D eigenvalue weighted by molar-refractivity contribution is 6.91. The lowest BCUT2D eigenvalue weighted by atomic mass is 10.2. The number of rotatable bonds is 12. The standard InChI is InChI=1S/C18H42O5Si4/c1-12-14-17(16(3)18(19)20)25(6,7)22-27(10,11)23-26(8,9)21-24(4,5)15-13-2/h12-15H2,1-11H3,(H,19,20)/b17-16+. The van der Waals surface area contributed by atoms with E-state index in [1.807, 2.05) is 0 Å². The van der Waals surface area contributed by atoms with Gasteiger partial charge in [0.1, 0.15) is 0 Å². The molecule has 0 fully saturated rings. The molecule has 0 saturated carbocycles. The van der Waals surface area contributed by atoms with Crippen LogP contribution in [-0.4, -0.2) is 44.8 Å². The fourth-order valence-corrected chi connectivity index (χ4v) is 24.0. The van der Waals surface area contributed by atoms with E-state index >= 15 is 0 Å². The van der Waals surface area contributed by atoms with E-state index in [2.05, 4.69) is 66.2 Å². The van der Waals surface area contributed by atoms with Crippen LogP contribution < -0.4 is 0 Å². The fraction of sp³-hybridized carbons (Fsp3) is 0.833. The molecule has 0 amide bonds. The van der Waals surface area contributed by atoms with Gasteiger partial charge >= 0.3 is 23.1 Å². The van der Waals surface area contributed by atoms with E-state index in [9.17, 15) is 9.90 Å². The predicted molar refractivity (Wildman–Crippen MR) is 124 cm³/mol. The van der Waals surface area contributed by atoms with Crippen molar-refractivity contribution in [3.05, 3.63) is 10.8 Å². The van der Waals surface area contributed by atoms with Crippen molar-refractivity contribution in [2.24, 2.45) is 0 Å². The van der Waals surface area contributed by atoms with Crippen LogP contribution in [-0.2, 0) is 17.1 Å². The van der Waals surface area contributed by atoms with Crippen LogP contribution in [0.4, 0.5) is 0 Å². The predicted octanol–water partition coefficient (Wildman–Crippen LogP) is 6.00. The third-order valence-corrected chi connectivity index (χ3v) is 20.3. The highest BCUT2D eigenvalue weighted by Gasteiger charge is 2.44. The normalized spacial score (nSPS) is 14.9. The summed E-state index contributed by atoms with van der Waals surface area (Å²) in [5, 5.41) is 10.5. The van der Waals surface area contributed by atoms with Crippen LogP contribution in [0.5, 0.6) is 0 Å². The van der Waals surface area contributed by atoms with Crippen LogP contribution >= 0.6 is 0 Å². The molecule has 0 spiro atoms. The largest absolute Gasteiger partial charge is 0.478 e. The van der Waals surface area contributed by atoms with Crippen LogP contribution in [0.15, 0.2) is 10.8 Å². The maximum absolute atomic E-state index is 11.6. The highest BCUT2D eigenvalue weighted by Crippen LogP contribution is 2.31. The molecule has 0 aromatic rings. The first-order valence-corrected chi connectivity index (χ1v) is 21.7. The SMILES string of the molecule is CCC/C(=C(/C)C(=O)O)[Si](C)(C)O[Si](C)(C)O[Si](C)(C)O[Si](C)(C)CCC. The molecule has 0 heterocycles. The van der Waals surface area contributed by atoms with Crippen LogP contribution in [0.2, 0.25) is 58.4 Å². The van der Waals surface area contributed by atoms with Gasteiger partial charge < -0.3 is 17.5 Å². The quantitative estimate of drug-likeness (QED) is 0.292. The number of hydrogen-bond acceptors (Lipinski definition) is 4. The van der Waals surface area contributed by atoms with Crippen molar-refractivity contribution in [2.75, 3.05) is 0 Å². The van der Waals surface area contributed by atoms with Gasteiger partial charge in [-0.1, -0.05) is 26.7 Å². The molecule has 0 saturated heterocycles. The van der Waals surface area contributed by atoms with Crippen LogP contribution in [0, 0.1) is 0 Å². The Morgan fingerprint density at radius 3 is 1.70 bits per heavy atom.